The lowest BCUT2D eigenvalue weighted by atomic mass is 10.2. The fourth-order valence-electron chi connectivity index (χ4n) is 1.05. The number of nitrogens with zero attached hydrogens (tertiary/aromatic N) is 2. The van der Waals surface area contributed by atoms with Crippen molar-refractivity contribution in [2.24, 2.45) is 0 Å². The zero-order valence-corrected chi connectivity index (χ0v) is 10.4. The minimum atomic E-state index is 0.758. The third-order valence-electron chi connectivity index (χ3n) is 1.82. The van der Waals surface area contributed by atoms with Gasteiger partial charge in [-0.1, -0.05) is 35.1 Å². The lowest BCUT2D eigenvalue weighted by molar-refractivity contribution is 1.08. The topological polar surface area (TPSA) is 25.8 Å². The Morgan fingerprint density at radius 2 is 2.14 bits per heavy atom. The molecule has 0 aliphatic rings. The zero-order chi connectivity index (χ0) is 10.1. The molecule has 72 valence electrons. The molecule has 2 aromatic rings. The number of benzene rings is 1. The van der Waals surface area contributed by atoms with E-state index in [9.17, 15) is 0 Å². The summed E-state index contributed by atoms with van der Waals surface area (Å²) in [6, 6.07) is 5.88. The molecule has 0 unspecified atom stereocenters. The molecule has 2 nitrogen and oxygen atoms in total. The van der Waals surface area contributed by atoms with Crippen LogP contribution < -0.4 is 0 Å². The average molecular weight is 290 g/mol. The third kappa shape index (κ3) is 1.97. The predicted octanol–water partition coefficient (Wildman–Crippen LogP) is 3.93. The van der Waals surface area contributed by atoms with Crippen LogP contribution >= 0.6 is 38.9 Å². The van der Waals surface area contributed by atoms with E-state index in [1.54, 1.807) is 0 Å². The van der Waals surface area contributed by atoms with E-state index in [-0.39, 0.29) is 0 Å². The first kappa shape index (κ1) is 10.1. The van der Waals surface area contributed by atoms with Gasteiger partial charge in [0.15, 0.2) is 3.92 Å². The fraction of sp³-hybridized carbons (Fsp3) is 0.111. The van der Waals surface area contributed by atoms with Crippen LogP contribution in [0.2, 0.25) is 5.02 Å². The standard InChI is InChI=1S/C9H6BrClN2S/c1-5-2-3-6(4-7(5)11)8-12-13-9(10)14-8/h2-4H,1H3. The molecule has 1 heterocycles. The highest BCUT2D eigenvalue weighted by Gasteiger charge is 2.05. The van der Waals surface area contributed by atoms with Crippen molar-refractivity contribution in [3.05, 3.63) is 32.7 Å². The van der Waals surface area contributed by atoms with E-state index in [2.05, 4.69) is 26.1 Å². The summed E-state index contributed by atoms with van der Waals surface area (Å²) in [4.78, 5) is 0. The Bertz CT molecular complexity index is 470. The van der Waals surface area contributed by atoms with Crippen LogP contribution in [0.25, 0.3) is 10.6 Å². The minimum Gasteiger partial charge on any atom is -0.137 e. The van der Waals surface area contributed by atoms with Crippen LogP contribution in [0.3, 0.4) is 0 Å². The molecule has 0 spiro atoms. The van der Waals surface area contributed by atoms with Crippen LogP contribution in [0.1, 0.15) is 5.56 Å². The maximum Gasteiger partial charge on any atom is 0.183 e. The highest BCUT2D eigenvalue weighted by Crippen LogP contribution is 2.29. The van der Waals surface area contributed by atoms with Crippen molar-refractivity contribution in [2.75, 3.05) is 0 Å². The first-order valence-electron chi connectivity index (χ1n) is 3.92. The van der Waals surface area contributed by atoms with Crippen LogP contribution in [0.15, 0.2) is 22.1 Å². The molecule has 14 heavy (non-hydrogen) atoms. The molecule has 0 radical (unpaired) electrons. The van der Waals surface area contributed by atoms with Gasteiger partial charge >= 0.3 is 0 Å². The Morgan fingerprint density at radius 1 is 1.36 bits per heavy atom. The maximum absolute atomic E-state index is 6.02. The lowest BCUT2D eigenvalue weighted by Crippen LogP contribution is -1.79. The molecule has 0 amide bonds. The van der Waals surface area contributed by atoms with Crippen molar-refractivity contribution in [1.82, 2.24) is 10.2 Å². The van der Waals surface area contributed by atoms with Gasteiger partial charge < -0.3 is 0 Å². The van der Waals surface area contributed by atoms with E-state index >= 15 is 0 Å². The summed E-state index contributed by atoms with van der Waals surface area (Å²) in [5.41, 5.74) is 2.07. The maximum atomic E-state index is 6.02. The molecule has 0 bridgehead atoms. The third-order valence-corrected chi connectivity index (χ3v) is 3.63. The van der Waals surface area contributed by atoms with Gasteiger partial charge in [-0.3, -0.25) is 0 Å². The number of aromatic nitrogens is 2. The first-order chi connectivity index (χ1) is 6.66. The number of rotatable bonds is 1. The van der Waals surface area contributed by atoms with E-state index in [0.717, 1.165) is 25.1 Å². The van der Waals surface area contributed by atoms with E-state index in [1.165, 1.54) is 11.3 Å². The van der Waals surface area contributed by atoms with Crippen molar-refractivity contribution < 1.29 is 0 Å². The molecule has 0 aliphatic heterocycles. The van der Waals surface area contributed by atoms with Crippen molar-refractivity contribution in [3.8, 4) is 10.6 Å². The molecule has 0 saturated carbocycles. The smallest absolute Gasteiger partial charge is 0.137 e. The summed E-state index contributed by atoms with van der Waals surface area (Å²) in [7, 11) is 0. The summed E-state index contributed by atoms with van der Waals surface area (Å²) in [6.45, 7) is 1.97. The molecule has 0 atom stereocenters. The van der Waals surface area contributed by atoms with Crippen molar-refractivity contribution in [3.63, 3.8) is 0 Å². The summed E-state index contributed by atoms with van der Waals surface area (Å²) in [5.74, 6) is 0. The highest BCUT2D eigenvalue weighted by molar-refractivity contribution is 9.11. The second-order valence-corrected chi connectivity index (χ2v) is 5.48. The number of halogens is 2. The van der Waals surface area contributed by atoms with Crippen molar-refractivity contribution in [1.29, 1.82) is 0 Å². The number of aryl methyl sites for hydroxylation is 1. The van der Waals surface area contributed by atoms with Gasteiger partial charge in [0.25, 0.3) is 0 Å². The number of hydrogen-bond donors (Lipinski definition) is 0. The monoisotopic (exact) mass is 288 g/mol. The molecular weight excluding hydrogens is 284 g/mol. The Balaban J connectivity index is 2.47. The van der Waals surface area contributed by atoms with Crippen LogP contribution in [0, 0.1) is 6.92 Å². The Kier molecular flexibility index (Phi) is 2.85. The molecular formula is C9H6BrClN2S. The Labute approximate surface area is 99.1 Å². The highest BCUT2D eigenvalue weighted by atomic mass is 79.9. The molecule has 0 aliphatic carbocycles. The van der Waals surface area contributed by atoms with Crippen LogP contribution in [0.4, 0.5) is 0 Å². The van der Waals surface area contributed by atoms with Crippen LogP contribution in [-0.2, 0) is 0 Å². The number of hydrogen-bond acceptors (Lipinski definition) is 3. The van der Waals surface area contributed by atoms with E-state index in [4.69, 9.17) is 11.6 Å². The molecule has 2 rings (SSSR count). The van der Waals surface area contributed by atoms with E-state index in [0.29, 0.717) is 0 Å². The molecule has 5 heteroatoms. The van der Waals surface area contributed by atoms with Gasteiger partial charge in [0.1, 0.15) is 5.01 Å². The van der Waals surface area contributed by atoms with Gasteiger partial charge in [-0.15, -0.1) is 10.2 Å². The van der Waals surface area contributed by atoms with Gasteiger partial charge in [0.05, 0.1) is 0 Å². The molecule has 1 aromatic heterocycles. The van der Waals surface area contributed by atoms with Crippen LogP contribution in [-0.4, -0.2) is 10.2 Å². The van der Waals surface area contributed by atoms with E-state index in [1.807, 2.05) is 25.1 Å². The summed E-state index contributed by atoms with van der Waals surface area (Å²) in [5, 5.41) is 9.54. The Morgan fingerprint density at radius 3 is 2.71 bits per heavy atom. The minimum absolute atomic E-state index is 0.758. The normalized spacial score (nSPS) is 10.5. The quantitative estimate of drug-likeness (QED) is 0.795. The first-order valence-corrected chi connectivity index (χ1v) is 5.91. The van der Waals surface area contributed by atoms with Gasteiger partial charge in [0.2, 0.25) is 0 Å². The lowest BCUT2D eigenvalue weighted by Gasteiger charge is -1.99. The zero-order valence-electron chi connectivity index (χ0n) is 7.29. The average Bonchev–Trinajstić information content (AvgIpc) is 2.57. The van der Waals surface area contributed by atoms with Crippen molar-refractivity contribution in [2.45, 2.75) is 6.92 Å². The largest absolute Gasteiger partial charge is 0.183 e. The molecule has 0 saturated heterocycles. The van der Waals surface area contributed by atoms with E-state index < -0.39 is 0 Å². The summed E-state index contributed by atoms with van der Waals surface area (Å²) < 4.78 is 0.782. The van der Waals surface area contributed by atoms with Gasteiger partial charge in [-0.25, -0.2) is 0 Å². The van der Waals surface area contributed by atoms with Crippen molar-refractivity contribution >= 4 is 38.9 Å². The predicted molar refractivity (Wildman–Crippen MR) is 62.8 cm³/mol. The second-order valence-electron chi connectivity index (χ2n) is 2.82. The SMILES string of the molecule is Cc1ccc(-c2nnc(Br)s2)cc1Cl. The second kappa shape index (κ2) is 3.96. The van der Waals surface area contributed by atoms with Gasteiger partial charge in [-0.2, -0.15) is 0 Å². The molecule has 0 fully saturated rings. The molecule has 0 N–H and O–H groups in total. The summed E-state index contributed by atoms with van der Waals surface area (Å²) >= 11 is 10.8. The van der Waals surface area contributed by atoms with Gasteiger partial charge in [0, 0.05) is 10.6 Å². The molecule has 1 aromatic carbocycles. The fourth-order valence-corrected chi connectivity index (χ4v) is 2.34. The summed E-state index contributed by atoms with van der Waals surface area (Å²) in [6.07, 6.45) is 0. The van der Waals surface area contributed by atoms with Crippen LogP contribution in [0.5, 0.6) is 0 Å². The van der Waals surface area contributed by atoms with Gasteiger partial charge in [-0.05, 0) is 34.5 Å². The Hall–Kier alpha value is -0.450.